The van der Waals surface area contributed by atoms with E-state index in [1.807, 2.05) is 0 Å². The van der Waals surface area contributed by atoms with Gasteiger partial charge in [0.05, 0.1) is 4.92 Å². The summed E-state index contributed by atoms with van der Waals surface area (Å²) >= 11 is 0. The Morgan fingerprint density at radius 1 is 1.26 bits per heavy atom. The van der Waals surface area contributed by atoms with E-state index in [-0.39, 0.29) is 17.3 Å². The molecule has 140 valence electrons. The van der Waals surface area contributed by atoms with Crippen molar-refractivity contribution in [3.8, 4) is 5.75 Å². The second kappa shape index (κ2) is 8.17. The number of hydrogen-bond donors (Lipinski definition) is 0. The highest BCUT2D eigenvalue weighted by molar-refractivity contribution is 5.66. The molecule has 0 spiro atoms. The Balaban J connectivity index is 1.55. The molecule has 0 radical (unpaired) electrons. The van der Waals surface area contributed by atoms with Gasteiger partial charge in [-0.3, -0.25) is 14.8 Å². The number of ether oxygens (including phenoxy) is 1. The second-order valence-corrected chi connectivity index (χ2v) is 5.28. The highest BCUT2D eigenvalue weighted by atomic mass is 19.3. The molecule has 0 saturated heterocycles. The third kappa shape index (κ3) is 5.17. The summed E-state index contributed by atoms with van der Waals surface area (Å²) in [5.74, 6) is 0.693. The molecule has 0 amide bonds. The zero-order chi connectivity index (χ0) is 19.2. The van der Waals surface area contributed by atoms with Crippen molar-refractivity contribution in [1.29, 1.82) is 0 Å². The molecule has 0 fully saturated rings. The average molecular weight is 377 g/mol. The molecule has 0 atom stereocenters. The van der Waals surface area contributed by atoms with Gasteiger partial charge in [0.1, 0.15) is 18.1 Å². The van der Waals surface area contributed by atoms with Crippen LogP contribution in [0.25, 0.3) is 12.2 Å². The number of aryl methyl sites for hydroxylation is 2. The lowest BCUT2D eigenvalue weighted by molar-refractivity contribution is -0.385. The highest BCUT2D eigenvalue weighted by Gasteiger charge is 2.10. The van der Waals surface area contributed by atoms with Crippen LogP contribution >= 0.6 is 0 Å². The Hall–Kier alpha value is -3.63. The number of rotatable bonds is 8. The fourth-order valence-electron chi connectivity index (χ4n) is 2.14. The van der Waals surface area contributed by atoms with Crippen molar-refractivity contribution in [2.24, 2.45) is 0 Å². The number of benzene rings is 1. The van der Waals surface area contributed by atoms with Crippen molar-refractivity contribution in [2.45, 2.75) is 19.6 Å². The predicted molar refractivity (Wildman–Crippen MR) is 88.9 cm³/mol. The van der Waals surface area contributed by atoms with E-state index >= 15 is 0 Å². The molecule has 1 aromatic carbocycles. The van der Waals surface area contributed by atoms with E-state index in [4.69, 9.17) is 4.42 Å². The van der Waals surface area contributed by atoms with Gasteiger partial charge >= 0.3 is 12.3 Å². The molecule has 0 aliphatic heterocycles. The first-order valence-corrected chi connectivity index (χ1v) is 7.72. The summed E-state index contributed by atoms with van der Waals surface area (Å²) in [6.45, 7) is -2.51. The van der Waals surface area contributed by atoms with E-state index in [0.29, 0.717) is 18.9 Å². The summed E-state index contributed by atoms with van der Waals surface area (Å²) in [4.78, 5) is 10.1. The maximum absolute atomic E-state index is 12.1. The number of aromatic nitrogens is 4. The molecule has 0 N–H and O–H groups in total. The minimum absolute atomic E-state index is 0.0704. The number of halogens is 2. The molecular formula is C16H13F2N5O4. The molecule has 2 heterocycles. The molecule has 2 aromatic heterocycles. The molecule has 0 unspecified atom stereocenters. The zero-order valence-electron chi connectivity index (χ0n) is 13.7. The first kappa shape index (κ1) is 18.2. The summed E-state index contributed by atoms with van der Waals surface area (Å²) in [5, 5.41) is 22.2. The van der Waals surface area contributed by atoms with Crippen LogP contribution in [0, 0.1) is 10.1 Å². The summed E-state index contributed by atoms with van der Waals surface area (Å²) in [7, 11) is 0. The third-order valence-corrected chi connectivity index (χ3v) is 3.39. The van der Waals surface area contributed by atoms with Crippen LogP contribution in [0.5, 0.6) is 5.75 Å². The Morgan fingerprint density at radius 2 is 2.04 bits per heavy atom. The van der Waals surface area contributed by atoms with Crippen LogP contribution in [0.4, 0.5) is 14.5 Å². The van der Waals surface area contributed by atoms with Crippen LogP contribution in [0.2, 0.25) is 0 Å². The molecule has 0 aliphatic carbocycles. The standard InChI is InChI=1S/C16H13F2N5O4/c17-16(18)26-13-4-1-11(2-5-13)3-6-14-20-21-15(27-14)7-8-22-10-12(9-19-22)23(24)25/h1-6,9-10,16H,7-8H2/b6-3-. The van der Waals surface area contributed by atoms with Gasteiger partial charge < -0.3 is 9.15 Å². The second-order valence-electron chi connectivity index (χ2n) is 5.28. The Morgan fingerprint density at radius 3 is 2.70 bits per heavy atom. The molecule has 3 rings (SSSR count). The minimum atomic E-state index is -2.86. The zero-order valence-corrected chi connectivity index (χ0v) is 13.7. The summed E-state index contributed by atoms with van der Waals surface area (Å²) in [6.07, 6.45) is 6.11. The lowest BCUT2D eigenvalue weighted by Crippen LogP contribution is -2.01. The van der Waals surface area contributed by atoms with Crippen molar-refractivity contribution < 1.29 is 22.9 Å². The van der Waals surface area contributed by atoms with Gasteiger partial charge in [-0.25, -0.2) is 0 Å². The van der Waals surface area contributed by atoms with Gasteiger partial charge in [-0.2, -0.15) is 13.9 Å². The number of nitrogens with zero attached hydrogens (tertiary/aromatic N) is 5. The van der Waals surface area contributed by atoms with E-state index in [1.54, 1.807) is 24.3 Å². The smallest absolute Gasteiger partial charge is 0.387 e. The lowest BCUT2D eigenvalue weighted by Gasteiger charge is -2.03. The number of nitro groups is 1. The molecular weight excluding hydrogens is 364 g/mol. The van der Waals surface area contributed by atoms with Gasteiger partial charge in [-0.05, 0) is 23.8 Å². The maximum atomic E-state index is 12.1. The van der Waals surface area contributed by atoms with Crippen molar-refractivity contribution in [3.63, 3.8) is 0 Å². The van der Waals surface area contributed by atoms with Crippen molar-refractivity contribution >= 4 is 17.8 Å². The molecule has 11 heteroatoms. The summed E-state index contributed by atoms with van der Waals surface area (Å²) in [6, 6.07) is 6.06. The van der Waals surface area contributed by atoms with Crippen LogP contribution in [0.1, 0.15) is 17.3 Å². The van der Waals surface area contributed by atoms with Gasteiger partial charge in [0.2, 0.25) is 11.8 Å². The Kier molecular flexibility index (Phi) is 5.50. The average Bonchev–Trinajstić information content (AvgIpc) is 3.28. The van der Waals surface area contributed by atoms with Gasteiger partial charge in [-0.1, -0.05) is 12.1 Å². The van der Waals surface area contributed by atoms with E-state index in [2.05, 4.69) is 20.0 Å². The molecule has 9 nitrogen and oxygen atoms in total. The Labute approximate surface area is 151 Å². The first-order valence-electron chi connectivity index (χ1n) is 7.72. The molecule has 0 saturated carbocycles. The maximum Gasteiger partial charge on any atom is 0.387 e. The van der Waals surface area contributed by atoms with Crippen LogP contribution in [0.3, 0.4) is 0 Å². The topological polar surface area (TPSA) is 109 Å². The molecule has 3 aromatic rings. The molecule has 27 heavy (non-hydrogen) atoms. The van der Waals surface area contributed by atoms with Crippen molar-refractivity contribution in [2.75, 3.05) is 0 Å². The largest absolute Gasteiger partial charge is 0.435 e. The quantitative estimate of drug-likeness (QED) is 0.438. The highest BCUT2D eigenvalue weighted by Crippen LogP contribution is 2.16. The lowest BCUT2D eigenvalue weighted by atomic mass is 10.2. The third-order valence-electron chi connectivity index (χ3n) is 3.39. The SMILES string of the molecule is O=[N+]([O-])c1cnn(CCc2nnc(/C=C\c3ccc(OC(F)F)cc3)o2)c1. The van der Waals surface area contributed by atoms with E-state index in [9.17, 15) is 18.9 Å². The molecule has 0 bridgehead atoms. The minimum Gasteiger partial charge on any atom is -0.435 e. The predicted octanol–water partition coefficient (Wildman–Crippen LogP) is 3.19. The van der Waals surface area contributed by atoms with E-state index < -0.39 is 11.5 Å². The first-order chi connectivity index (χ1) is 13.0. The fourth-order valence-corrected chi connectivity index (χ4v) is 2.14. The Bertz CT molecular complexity index is 936. The monoisotopic (exact) mass is 377 g/mol. The van der Waals surface area contributed by atoms with Gasteiger partial charge in [0.15, 0.2) is 0 Å². The van der Waals surface area contributed by atoms with Crippen LogP contribution in [0.15, 0.2) is 41.1 Å². The summed E-state index contributed by atoms with van der Waals surface area (Å²) in [5.41, 5.74) is 0.648. The van der Waals surface area contributed by atoms with Crippen molar-refractivity contribution in [3.05, 3.63) is 64.1 Å². The van der Waals surface area contributed by atoms with E-state index in [0.717, 1.165) is 5.56 Å². The van der Waals surface area contributed by atoms with E-state index in [1.165, 1.54) is 29.2 Å². The fraction of sp³-hybridized carbons (Fsp3) is 0.188. The van der Waals surface area contributed by atoms with Crippen LogP contribution in [-0.2, 0) is 13.0 Å². The summed E-state index contributed by atoms with van der Waals surface area (Å²) < 4.78 is 35.3. The van der Waals surface area contributed by atoms with Crippen LogP contribution in [-0.4, -0.2) is 31.5 Å². The normalized spacial score (nSPS) is 11.4. The number of hydrogen-bond acceptors (Lipinski definition) is 7. The van der Waals surface area contributed by atoms with Crippen molar-refractivity contribution in [1.82, 2.24) is 20.0 Å². The number of alkyl halides is 2. The van der Waals surface area contributed by atoms with Gasteiger partial charge in [-0.15, -0.1) is 10.2 Å². The van der Waals surface area contributed by atoms with Crippen LogP contribution < -0.4 is 4.74 Å². The van der Waals surface area contributed by atoms with Gasteiger partial charge in [0, 0.05) is 19.0 Å². The molecule has 0 aliphatic rings. The van der Waals surface area contributed by atoms with Gasteiger partial charge in [0.25, 0.3) is 0 Å².